The topological polar surface area (TPSA) is 76.4 Å². The second kappa shape index (κ2) is 10.5. The number of carbonyl (C=O) groups excluding carboxylic acids is 1. The lowest BCUT2D eigenvalue weighted by Crippen LogP contribution is -2.46. The first-order chi connectivity index (χ1) is 15.6. The zero-order chi connectivity index (χ0) is 22.5. The molecule has 1 heterocycles. The maximum absolute atomic E-state index is 13.2. The Kier molecular flexibility index (Phi) is 7.48. The number of ether oxygens (including phenoxy) is 1. The summed E-state index contributed by atoms with van der Waals surface area (Å²) in [6.45, 7) is 0.225. The summed E-state index contributed by atoms with van der Waals surface area (Å²) < 4.78 is 7.60. The maximum Gasteiger partial charge on any atom is 0.271 e. The van der Waals surface area contributed by atoms with Crippen LogP contribution in [0, 0.1) is 0 Å². The highest BCUT2D eigenvalue weighted by molar-refractivity contribution is 6.33. The molecule has 6 nitrogen and oxygen atoms in total. The fourth-order valence-electron chi connectivity index (χ4n) is 4.03. The van der Waals surface area contributed by atoms with Crippen LogP contribution in [-0.4, -0.2) is 45.9 Å². The zero-order valence-electron chi connectivity index (χ0n) is 17.5. The molecule has 4 rings (SSSR count). The van der Waals surface area contributed by atoms with Gasteiger partial charge in [-0.1, -0.05) is 48.2 Å². The minimum absolute atomic E-state index is 0.0378. The molecule has 1 saturated carbocycles. The number of aliphatic hydroxyl groups is 1. The third kappa shape index (κ3) is 5.15. The van der Waals surface area contributed by atoms with Crippen LogP contribution in [0.5, 0.6) is 0 Å². The number of benzene rings is 2. The van der Waals surface area contributed by atoms with Gasteiger partial charge < -0.3 is 15.2 Å². The van der Waals surface area contributed by atoms with Gasteiger partial charge in [0.2, 0.25) is 0 Å². The van der Waals surface area contributed by atoms with E-state index < -0.39 is 0 Å². The third-order valence-corrected chi connectivity index (χ3v) is 6.18. The van der Waals surface area contributed by atoms with Gasteiger partial charge in [-0.3, -0.25) is 9.36 Å². The largest absolute Gasteiger partial charge is 0.394 e. The highest BCUT2D eigenvalue weighted by atomic mass is 35.5. The monoisotopic (exact) mass is 473 g/mol. The van der Waals surface area contributed by atoms with Gasteiger partial charge in [0.25, 0.3) is 5.91 Å². The van der Waals surface area contributed by atoms with Crippen molar-refractivity contribution < 1.29 is 14.6 Å². The Balaban J connectivity index is 1.65. The number of halogens is 2. The second-order valence-electron chi connectivity index (χ2n) is 7.77. The first-order valence-corrected chi connectivity index (χ1v) is 11.5. The van der Waals surface area contributed by atoms with E-state index in [-0.39, 0.29) is 31.3 Å². The Labute approximate surface area is 197 Å². The first kappa shape index (κ1) is 22.8. The Hall–Kier alpha value is -2.38. The lowest BCUT2D eigenvalue weighted by atomic mass is 9.92. The lowest BCUT2D eigenvalue weighted by molar-refractivity contribution is -0.00980. The fraction of sp³-hybridized carbons (Fsp3) is 0.333. The van der Waals surface area contributed by atoms with Crippen molar-refractivity contribution in [2.24, 2.45) is 0 Å². The standard InChI is InChI=1S/C24H25Cl2N3O3/c25-16-9-11-17(12-10-16)29-15-21(27-23(29)18-5-1-2-6-19(18)26)24(31)28-20-7-3-4-8-22(20)32-14-13-30/h1-2,5-6,9-12,15,20,22,30H,3-4,7-8,13-14H2,(H,28,31)/t20-,22+/m1/s1. The molecule has 1 aliphatic carbocycles. The number of aliphatic hydroxyl groups excluding tert-OH is 1. The molecule has 0 unspecified atom stereocenters. The smallest absolute Gasteiger partial charge is 0.271 e. The quantitative estimate of drug-likeness (QED) is 0.511. The number of imidazole rings is 1. The number of hydrogen-bond acceptors (Lipinski definition) is 4. The van der Waals surface area contributed by atoms with Gasteiger partial charge in [0, 0.05) is 22.5 Å². The van der Waals surface area contributed by atoms with E-state index in [1.807, 2.05) is 34.9 Å². The molecule has 0 saturated heterocycles. The summed E-state index contributed by atoms with van der Waals surface area (Å²) in [5, 5.41) is 13.3. The molecular formula is C24H25Cl2N3O3. The van der Waals surface area contributed by atoms with Gasteiger partial charge in [-0.15, -0.1) is 0 Å². The van der Waals surface area contributed by atoms with Crippen LogP contribution < -0.4 is 5.32 Å². The van der Waals surface area contributed by atoms with Gasteiger partial charge in [0.05, 0.1) is 30.4 Å². The summed E-state index contributed by atoms with van der Waals surface area (Å²) in [6, 6.07) is 14.6. The molecule has 3 aromatic rings. The molecule has 1 aromatic heterocycles. The molecule has 2 atom stereocenters. The van der Waals surface area contributed by atoms with Gasteiger partial charge in [-0.25, -0.2) is 4.98 Å². The van der Waals surface area contributed by atoms with Gasteiger partial charge >= 0.3 is 0 Å². The van der Waals surface area contributed by atoms with E-state index >= 15 is 0 Å². The van der Waals surface area contributed by atoms with Crippen LogP contribution in [0.15, 0.2) is 54.7 Å². The van der Waals surface area contributed by atoms with Crippen molar-refractivity contribution in [1.82, 2.24) is 14.9 Å². The molecule has 0 spiro atoms. The molecule has 32 heavy (non-hydrogen) atoms. The Morgan fingerprint density at radius 3 is 2.62 bits per heavy atom. The van der Waals surface area contributed by atoms with Crippen molar-refractivity contribution in [3.05, 3.63) is 70.5 Å². The van der Waals surface area contributed by atoms with E-state index in [2.05, 4.69) is 10.3 Å². The summed E-state index contributed by atoms with van der Waals surface area (Å²) in [5.41, 5.74) is 1.84. The summed E-state index contributed by atoms with van der Waals surface area (Å²) in [6.07, 6.45) is 5.36. The number of nitrogens with zero attached hydrogens (tertiary/aromatic N) is 2. The molecule has 168 valence electrons. The van der Waals surface area contributed by atoms with E-state index in [1.165, 1.54) is 0 Å². The zero-order valence-corrected chi connectivity index (χ0v) is 19.0. The lowest BCUT2D eigenvalue weighted by Gasteiger charge is -2.31. The molecule has 2 N–H and O–H groups in total. The van der Waals surface area contributed by atoms with Crippen molar-refractivity contribution in [3.8, 4) is 17.1 Å². The second-order valence-corrected chi connectivity index (χ2v) is 8.62. The number of aromatic nitrogens is 2. The number of nitrogens with one attached hydrogen (secondary N) is 1. The van der Waals surface area contributed by atoms with E-state index in [1.54, 1.807) is 24.4 Å². The average Bonchev–Trinajstić information content (AvgIpc) is 3.25. The van der Waals surface area contributed by atoms with Crippen LogP contribution in [-0.2, 0) is 4.74 Å². The summed E-state index contributed by atoms with van der Waals surface area (Å²) in [5.74, 6) is 0.301. The van der Waals surface area contributed by atoms with Crippen LogP contribution in [0.25, 0.3) is 17.1 Å². The number of amides is 1. The van der Waals surface area contributed by atoms with Crippen LogP contribution in [0.4, 0.5) is 0 Å². The fourth-order valence-corrected chi connectivity index (χ4v) is 4.37. The highest BCUT2D eigenvalue weighted by Crippen LogP contribution is 2.30. The Morgan fingerprint density at radius 2 is 1.88 bits per heavy atom. The molecule has 1 aliphatic rings. The van der Waals surface area contributed by atoms with Crippen molar-refractivity contribution in [1.29, 1.82) is 0 Å². The van der Waals surface area contributed by atoms with Crippen LogP contribution in [0.2, 0.25) is 10.0 Å². The average molecular weight is 474 g/mol. The third-order valence-electron chi connectivity index (χ3n) is 5.60. The van der Waals surface area contributed by atoms with Gasteiger partial charge in [0.15, 0.2) is 0 Å². The summed E-state index contributed by atoms with van der Waals surface area (Å²) >= 11 is 12.5. The number of rotatable bonds is 7. The van der Waals surface area contributed by atoms with E-state index in [0.717, 1.165) is 36.9 Å². The van der Waals surface area contributed by atoms with E-state index in [9.17, 15) is 4.79 Å². The van der Waals surface area contributed by atoms with Gasteiger partial charge in [-0.2, -0.15) is 0 Å². The molecule has 8 heteroatoms. The van der Waals surface area contributed by atoms with Gasteiger partial charge in [-0.05, 0) is 49.2 Å². The molecular weight excluding hydrogens is 449 g/mol. The highest BCUT2D eigenvalue weighted by Gasteiger charge is 2.28. The molecule has 0 aliphatic heterocycles. The van der Waals surface area contributed by atoms with Crippen LogP contribution in [0.3, 0.4) is 0 Å². The first-order valence-electron chi connectivity index (χ1n) is 10.7. The Bertz CT molecular complexity index is 1070. The van der Waals surface area contributed by atoms with Crippen LogP contribution in [0.1, 0.15) is 36.2 Å². The van der Waals surface area contributed by atoms with E-state index in [4.69, 9.17) is 33.0 Å². The van der Waals surface area contributed by atoms with E-state index in [0.29, 0.717) is 21.6 Å². The minimum atomic E-state index is -0.268. The predicted octanol–water partition coefficient (Wildman–Crippen LogP) is 4.90. The van der Waals surface area contributed by atoms with Crippen molar-refractivity contribution in [3.63, 3.8) is 0 Å². The molecule has 0 radical (unpaired) electrons. The molecule has 0 bridgehead atoms. The number of hydrogen-bond donors (Lipinski definition) is 2. The normalized spacial score (nSPS) is 18.5. The van der Waals surface area contributed by atoms with Gasteiger partial charge in [0.1, 0.15) is 11.5 Å². The maximum atomic E-state index is 13.2. The molecule has 1 fully saturated rings. The Morgan fingerprint density at radius 1 is 1.12 bits per heavy atom. The number of carbonyl (C=O) groups is 1. The summed E-state index contributed by atoms with van der Waals surface area (Å²) in [7, 11) is 0. The summed E-state index contributed by atoms with van der Waals surface area (Å²) in [4.78, 5) is 17.8. The molecule has 1 amide bonds. The minimum Gasteiger partial charge on any atom is -0.394 e. The SMILES string of the molecule is O=C(N[C@@H]1CCCC[C@@H]1OCCO)c1cn(-c2ccc(Cl)cc2)c(-c2ccccc2Cl)n1. The van der Waals surface area contributed by atoms with Crippen molar-refractivity contribution in [2.75, 3.05) is 13.2 Å². The van der Waals surface area contributed by atoms with Crippen molar-refractivity contribution in [2.45, 2.75) is 37.8 Å². The van der Waals surface area contributed by atoms with Crippen molar-refractivity contribution >= 4 is 29.1 Å². The molecule has 2 aromatic carbocycles. The van der Waals surface area contributed by atoms with Crippen LogP contribution >= 0.6 is 23.2 Å². The predicted molar refractivity (Wildman–Crippen MR) is 126 cm³/mol.